The Kier molecular flexibility index (Phi) is 5.56. The molecule has 1 aliphatic rings. The van der Waals surface area contributed by atoms with Crippen LogP contribution in [0.4, 0.5) is 10.1 Å². The van der Waals surface area contributed by atoms with E-state index in [-0.39, 0.29) is 17.2 Å². The van der Waals surface area contributed by atoms with Crippen LogP contribution in [0.3, 0.4) is 0 Å². The number of nitrogens with one attached hydrogen (secondary N) is 1. The minimum atomic E-state index is -0.484. The van der Waals surface area contributed by atoms with Crippen LogP contribution < -0.4 is 11.1 Å². The van der Waals surface area contributed by atoms with E-state index < -0.39 is 5.82 Å². The summed E-state index contributed by atoms with van der Waals surface area (Å²) in [6.45, 7) is 4.99. The molecule has 1 unspecified atom stereocenters. The van der Waals surface area contributed by atoms with Crippen LogP contribution in [0.25, 0.3) is 0 Å². The summed E-state index contributed by atoms with van der Waals surface area (Å²) in [6.07, 6.45) is 4.74. The smallest absolute Gasteiger partial charge is 0.251 e. The van der Waals surface area contributed by atoms with Crippen molar-refractivity contribution < 1.29 is 9.18 Å². The number of nitrogen functional groups attached to an aromatic ring is 1. The van der Waals surface area contributed by atoms with Gasteiger partial charge in [0.2, 0.25) is 0 Å². The van der Waals surface area contributed by atoms with Crippen molar-refractivity contribution in [2.75, 3.05) is 25.4 Å². The van der Waals surface area contributed by atoms with Crippen LogP contribution in [0.5, 0.6) is 0 Å². The van der Waals surface area contributed by atoms with Crippen molar-refractivity contribution in [3.8, 4) is 0 Å². The van der Waals surface area contributed by atoms with Gasteiger partial charge in [0.25, 0.3) is 5.91 Å². The molecule has 1 fully saturated rings. The van der Waals surface area contributed by atoms with E-state index >= 15 is 0 Å². The third-order valence-corrected chi connectivity index (χ3v) is 4.03. The van der Waals surface area contributed by atoms with Crippen molar-refractivity contribution in [2.45, 2.75) is 38.6 Å². The van der Waals surface area contributed by atoms with Crippen LogP contribution in [-0.2, 0) is 0 Å². The normalized spacial score (nSPS) is 19.4. The van der Waals surface area contributed by atoms with Crippen molar-refractivity contribution in [3.05, 3.63) is 29.6 Å². The molecule has 1 atom stereocenters. The number of nitrogens with zero attached hydrogens (tertiary/aromatic N) is 1. The Bertz CT molecular complexity index is 472. The molecule has 4 nitrogen and oxygen atoms in total. The molecule has 0 aromatic heterocycles. The lowest BCUT2D eigenvalue weighted by Crippen LogP contribution is -2.39. The topological polar surface area (TPSA) is 58.4 Å². The molecule has 0 spiro atoms. The highest BCUT2D eigenvalue weighted by molar-refractivity contribution is 5.95. The highest BCUT2D eigenvalue weighted by atomic mass is 19.1. The number of piperidine rings is 1. The van der Waals surface area contributed by atoms with Gasteiger partial charge in [-0.2, -0.15) is 0 Å². The molecular formula is C16H24FN3O. The zero-order valence-corrected chi connectivity index (χ0v) is 12.6. The number of carbonyl (C=O) groups is 1. The van der Waals surface area contributed by atoms with Crippen LogP contribution in [0.15, 0.2) is 18.2 Å². The number of hydrogen-bond donors (Lipinski definition) is 2. The van der Waals surface area contributed by atoms with Gasteiger partial charge in [-0.25, -0.2) is 4.39 Å². The van der Waals surface area contributed by atoms with Gasteiger partial charge in [0.05, 0.1) is 0 Å². The van der Waals surface area contributed by atoms with Gasteiger partial charge >= 0.3 is 0 Å². The van der Waals surface area contributed by atoms with Crippen LogP contribution in [0, 0.1) is 5.82 Å². The first-order valence-electron chi connectivity index (χ1n) is 7.64. The third-order valence-electron chi connectivity index (χ3n) is 4.03. The molecule has 0 saturated carbocycles. The second-order valence-electron chi connectivity index (χ2n) is 5.76. The number of carbonyl (C=O) groups excluding carboxylic acids is 1. The highest BCUT2D eigenvalue weighted by Gasteiger charge is 2.17. The van der Waals surface area contributed by atoms with Gasteiger partial charge in [0, 0.05) is 30.4 Å². The van der Waals surface area contributed by atoms with E-state index in [4.69, 9.17) is 5.73 Å². The molecule has 1 aromatic carbocycles. The lowest BCUT2D eigenvalue weighted by Gasteiger charge is -2.33. The lowest BCUT2D eigenvalue weighted by atomic mass is 10.0. The highest BCUT2D eigenvalue weighted by Crippen LogP contribution is 2.16. The SMILES string of the molecule is CC1CCCCN1CCCNC(=O)c1cc(N)cc(F)c1. The number of amides is 1. The molecule has 0 radical (unpaired) electrons. The lowest BCUT2D eigenvalue weighted by molar-refractivity contribution is 0.0948. The molecule has 0 aliphatic carbocycles. The first kappa shape index (κ1) is 15.8. The summed E-state index contributed by atoms with van der Waals surface area (Å²) < 4.78 is 13.2. The van der Waals surface area contributed by atoms with Crippen LogP contribution in [-0.4, -0.2) is 36.5 Å². The minimum absolute atomic E-state index is 0.266. The second-order valence-corrected chi connectivity index (χ2v) is 5.76. The van der Waals surface area contributed by atoms with Gasteiger partial charge in [0.1, 0.15) is 5.82 Å². The molecule has 21 heavy (non-hydrogen) atoms. The standard InChI is InChI=1S/C16H24FN3O/c1-12-5-2-3-7-20(12)8-4-6-19-16(21)13-9-14(17)11-15(18)10-13/h9-12H,2-8,18H2,1H3,(H,19,21). The van der Waals surface area contributed by atoms with Gasteiger partial charge in [-0.3, -0.25) is 4.79 Å². The zero-order chi connectivity index (χ0) is 15.2. The molecule has 0 bridgehead atoms. The quantitative estimate of drug-likeness (QED) is 0.647. The van der Waals surface area contributed by atoms with Crippen LogP contribution in [0.2, 0.25) is 0 Å². The van der Waals surface area contributed by atoms with Crippen molar-refractivity contribution in [1.82, 2.24) is 10.2 Å². The first-order chi connectivity index (χ1) is 10.1. The fourth-order valence-corrected chi connectivity index (χ4v) is 2.82. The second kappa shape index (κ2) is 7.41. The van der Waals surface area contributed by atoms with Crippen LogP contribution in [0.1, 0.15) is 43.0 Å². The minimum Gasteiger partial charge on any atom is -0.399 e. The summed E-state index contributed by atoms with van der Waals surface area (Å²) in [4.78, 5) is 14.4. The summed E-state index contributed by atoms with van der Waals surface area (Å²) in [5.74, 6) is -0.754. The summed E-state index contributed by atoms with van der Waals surface area (Å²) >= 11 is 0. The monoisotopic (exact) mass is 293 g/mol. The van der Waals surface area contributed by atoms with Crippen molar-refractivity contribution in [2.24, 2.45) is 0 Å². The maximum atomic E-state index is 13.2. The number of nitrogens with two attached hydrogens (primary N) is 1. The maximum Gasteiger partial charge on any atom is 0.251 e. The van der Waals surface area contributed by atoms with E-state index in [1.807, 2.05) is 0 Å². The molecule has 1 aromatic rings. The van der Waals surface area contributed by atoms with Gasteiger partial charge in [0.15, 0.2) is 0 Å². The average Bonchev–Trinajstić information content (AvgIpc) is 2.44. The Hall–Kier alpha value is -1.62. The molecule has 1 saturated heterocycles. The Morgan fingerprint density at radius 1 is 1.43 bits per heavy atom. The Morgan fingerprint density at radius 2 is 2.24 bits per heavy atom. The summed E-state index contributed by atoms with van der Waals surface area (Å²) in [5.41, 5.74) is 6.08. The fraction of sp³-hybridized carbons (Fsp3) is 0.562. The van der Waals surface area contributed by atoms with E-state index in [1.165, 1.54) is 37.5 Å². The summed E-state index contributed by atoms with van der Waals surface area (Å²) in [7, 11) is 0. The van der Waals surface area contributed by atoms with E-state index in [0.29, 0.717) is 12.6 Å². The number of hydrogen-bond acceptors (Lipinski definition) is 3. The molecule has 1 heterocycles. The van der Waals surface area contributed by atoms with Crippen molar-refractivity contribution in [3.63, 3.8) is 0 Å². The number of benzene rings is 1. The summed E-state index contributed by atoms with van der Waals surface area (Å²) in [5, 5.41) is 2.82. The van der Waals surface area contributed by atoms with Crippen molar-refractivity contribution >= 4 is 11.6 Å². The molecule has 1 amide bonds. The zero-order valence-electron chi connectivity index (χ0n) is 12.6. The third kappa shape index (κ3) is 4.70. The molecule has 3 N–H and O–H groups in total. The van der Waals surface area contributed by atoms with Gasteiger partial charge in [-0.1, -0.05) is 6.42 Å². The number of anilines is 1. The number of halogens is 1. The molecule has 1 aliphatic heterocycles. The number of rotatable bonds is 5. The first-order valence-corrected chi connectivity index (χ1v) is 7.64. The summed E-state index contributed by atoms with van der Waals surface area (Å²) in [6, 6.07) is 4.54. The maximum absolute atomic E-state index is 13.2. The fourth-order valence-electron chi connectivity index (χ4n) is 2.82. The Morgan fingerprint density at radius 3 is 2.95 bits per heavy atom. The molecule has 116 valence electrons. The molecule has 5 heteroatoms. The average molecular weight is 293 g/mol. The predicted molar refractivity (Wildman–Crippen MR) is 82.6 cm³/mol. The Balaban J connectivity index is 1.74. The molecular weight excluding hydrogens is 269 g/mol. The van der Waals surface area contributed by atoms with E-state index in [1.54, 1.807) is 0 Å². The Labute approximate surface area is 125 Å². The van der Waals surface area contributed by atoms with E-state index in [0.717, 1.165) is 19.5 Å². The predicted octanol–water partition coefficient (Wildman–Crippen LogP) is 2.40. The van der Waals surface area contributed by atoms with Gasteiger partial charge in [-0.05, 0) is 50.9 Å². The van der Waals surface area contributed by atoms with Crippen molar-refractivity contribution in [1.29, 1.82) is 0 Å². The van der Waals surface area contributed by atoms with Gasteiger partial charge in [-0.15, -0.1) is 0 Å². The number of likely N-dealkylation sites (tertiary alicyclic amines) is 1. The van der Waals surface area contributed by atoms with Gasteiger partial charge < -0.3 is 16.0 Å². The molecule has 2 rings (SSSR count). The van der Waals surface area contributed by atoms with E-state index in [9.17, 15) is 9.18 Å². The van der Waals surface area contributed by atoms with Crippen LogP contribution >= 0.6 is 0 Å². The largest absolute Gasteiger partial charge is 0.399 e. The van der Waals surface area contributed by atoms with E-state index in [2.05, 4.69) is 17.1 Å².